The Kier molecular flexibility index (Phi) is 4.51. The molecule has 0 atom stereocenters. The zero-order valence-electron chi connectivity index (χ0n) is 10.8. The minimum atomic E-state index is 0.571. The first-order valence-corrected chi connectivity index (χ1v) is 8.09. The number of aromatic nitrogens is 1. The Balaban J connectivity index is 1.62. The van der Waals surface area contributed by atoms with Gasteiger partial charge in [0.25, 0.3) is 0 Å². The Bertz CT molecular complexity index is 597. The van der Waals surface area contributed by atoms with Crippen LogP contribution in [0, 0.1) is 0 Å². The Morgan fingerprint density at radius 1 is 1.15 bits per heavy atom. The molecule has 2 aromatic rings. The third-order valence-corrected chi connectivity index (χ3v) is 4.76. The Morgan fingerprint density at radius 3 is 2.65 bits per heavy atom. The van der Waals surface area contributed by atoms with Gasteiger partial charge in [-0.15, -0.1) is 0 Å². The molecule has 2 nitrogen and oxygen atoms in total. The average Bonchev–Trinajstić information content (AvgIpc) is 3.26. The van der Waals surface area contributed by atoms with Crippen molar-refractivity contribution in [3.05, 3.63) is 52.1 Å². The van der Waals surface area contributed by atoms with Crippen molar-refractivity contribution < 1.29 is 0 Å². The highest BCUT2D eigenvalue weighted by molar-refractivity contribution is 7.99. The second-order valence-electron chi connectivity index (χ2n) is 4.84. The number of nitrogens with one attached hydrogen (secondary N) is 1. The SMILES string of the molecule is Clc1ccc(Sc2ccc(CNC3CC3)cn2)cc1Cl. The highest BCUT2D eigenvalue weighted by Gasteiger charge is 2.19. The molecule has 0 bridgehead atoms. The van der Waals surface area contributed by atoms with Crippen molar-refractivity contribution in [2.75, 3.05) is 0 Å². The molecule has 1 heterocycles. The molecule has 0 aliphatic heterocycles. The lowest BCUT2D eigenvalue weighted by Gasteiger charge is -2.05. The minimum Gasteiger partial charge on any atom is -0.310 e. The fraction of sp³-hybridized carbons (Fsp3) is 0.267. The fourth-order valence-electron chi connectivity index (χ4n) is 1.79. The maximum absolute atomic E-state index is 6.01. The maximum Gasteiger partial charge on any atom is 0.101 e. The van der Waals surface area contributed by atoms with Gasteiger partial charge in [-0.25, -0.2) is 4.98 Å². The molecule has 0 saturated heterocycles. The van der Waals surface area contributed by atoms with Crippen molar-refractivity contribution in [1.82, 2.24) is 10.3 Å². The van der Waals surface area contributed by atoms with Crippen LogP contribution in [0.3, 0.4) is 0 Å². The molecule has 1 saturated carbocycles. The van der Waals surface area contributed by atoms with Crippen molar-refractivity contribution in [3.8, 4) is 0 Å². The van der Waals surface area contributed by atoms with Crippen molar-refractivity contribution in [2.45, 2.75) is 35.3 Å². The lowest BCUT2D eigenvalue weighted by molar-refractivity contribution is 0.685. The first-order chi connectivity index (χ1) is 9.70. The molecule has 3 rings (SSSR count). The lowest BCUT2D eigenvalue weighted by Crippen LogP contribution is -2.15. The highest BCUT2D eigenvalue weighted by atomic mass is 35.5. The molecule has 1 aliphatic carbocycles. The summed E-state index contributed by atoms with van der Waals surface area (Å²) in [6.45, 7) is 0.898. The van der Waals surface area contributed by atoms with Crippen LogP contribution in [0.25, 0.3) is 0 Å². The molecule has 0 spiro atoms. The van der Waals surface area contributed by atoms with Crippen molar-refractivity contribution in [1.29, 1.82) is 0 Å². The maximum atomic E-state index is 6.01. The van der Waals surface area contributed by atoms with E-state index in [1.807, 2.05) is 24.4 Å². The number of halogens is 2. The van der Waals surface area contributed by atoms with Crippen molar-refractivity contribution in [2.24, 2.45) is 0 Å². The number of nitrogens with zero attached hydrogens (tertiary/aromatic N) is 1. The second kappa shape index (κ2) is 6.35. The van der Waals surface area contributed by atoms with Gasteiger partial charge < -0.3 is 5.32 Å². The molecule has 104 valence electrons. The molecule has 1 aliphatic rings. The van der Waals surface area contributed by atoms with Gasteiger partial charge >= 0.3 is 0 Å². The summed E-state index contributed by atoms with van der Waals surface area (Å²) in [4.78, 5) is 5.51. The number of hydrogen-bond donors (Lipinski definition) is 1. The van der Waals surface area contributed by atoms with Crippen LogP contribution in [0.15, 0.2) is 46.5 Å². The summed E-state index contributed by atoms with van der Waals surface area (Å²) in [5.74, 6) is 0. The smallest absolute Gasteiger partial charge is 0.101 e. The van der Waals surface area contributed by atoms with Crippen LogP contribution in [0.1, 0.15) is 18.4 Å². The van der Waals surface area contributed by atoms with E-state index in [9.17, 15) is 0 Å². The van der Waals surface area contributed by atoms with Crippen molar-refractivity contribution in [3.63, 3.8) is 0 Å². The van der Waals surface area contributed by atoms with Crippen LogP contribution in [-0.2, 0) is 6.54 Å². The standard InChI is InChI=1S/C15H14Cl2N2S/c16-13-5-4-12(7-14(13)17)20-15-6-1-10(9-19-15)8-18-11-2-3-11/h1,4-7,9,11,18H,2-3,8H2. The molecule has 0 unspecified atom stereocenters. The molecule has 1 N–H and O–H groups in total. The average molecular weight is 325 g/mol. The molecule has 1 fully saturated rings. The van der Waals surface area contributed by atoms with E-state index in [1.54, 1.807) is 17.8 Å². The highest BCUT2D eigenvalue weighted by Crippen LogP contribution is 2.31. The summed E-state index contributed by atoms with van der Waals surface area (Å²) in [5.41, 5.74) is 1.22. The topological polar surface area (TPSA) is 24.9 Å². The Hall–Kier alpha value is -0.740. The van der Waals surface area contributed by atoms with E-state index < -0.39 is 0 Å². The van der Waals surface area contributed by atoms with Crippen LogP contribution in [0.5, 0.6) is 0 Å². The van der Waals surface area contributed by atoms with E-state index in [4.69, 9.17) is 23.2 Å². The Labute approximate surface area is 132 Å². The van der Waals surface area contributed by atoms with E-state index in [0.717, 1.165) is 22.5 Å². The van der Waals surface area contributed by atoms with E-state index in [1.165, 1.54) is 18.4 Å². The Morgan fingerprint density at radius 2 is 2.00 bits per heavy atom. The van der Waals surface area contributed by atoms with Crippen LogP contribution >= 0.6 is 35.0 Å². The van der Waals surface area contributed by atoms with Gasteiger partial charge in [0.05, 0.1) is 10.0 Å². The molecule has 20 heavy (non-hydrogen) atoms. The second-order valence-corrected chi connectivity index (χ2v) is 6.75. The number of rotatable bonds is 5. The third-order valence-electron chi connectivity index (χ3n) is 3.08. The van der Waals surface area contributed by atoms with Gasteiger partial charge in [0.2, 0.25) is 0 Å². The van der Waals surface area contributed by atoms with Crippen LogP contribution < -0.4 is 5.32 Å². The summed E-state index contributed by atoms with van der Waals surface area (Å²) in [6.07, 6.45) is 4.53. The minimum absolute atomic E-state index is 0.571. The zero-order chi connectivity index (χ0) is 13.9. The van der Waals surface area contributed by atoms with E-state index in [0.29, 0.717) is 10.0 Å². The van der Waals surface area contributed by atoms with Gasteiger partial charge in [-0.05, 0) is 42.7 Å². The molecule has 0 amide bonds. The van der Waals surface area contributed by atoms with E-state index >= 15 is 0 Å². The lowest BCUT2D eigenvalue weighted by atomic mass is 10.3. The molecular formula is C15H14Cl2N2S. The third kappa shape index (κ3) is 3.89. The van der Waals surface area contributed by atoms with Gasteiger partial charge in [0, 0.05) is 23.7 Å². The van der Waals surface area contributed by atoms with Gasteiger partial charge in [-0.1, -0.05) is 41.0 Å². The molecule has 5 heteroatoms. The largest absolute Gasteiger partial charge is 0.310 e. The van der Waals surface area contributed by atoms with Crippen LogP contribution in [0.4, 0.5) is 0 Å². The predicted molar refractivity (Wildman–Crippen MR) is 84.7 cm³/mol. The number of pyridine rings is 1. The van der Waals surface area contributed by atoms with Gasteiger partial charge in [-0.2, -0.15) is 0 Å². The van der Waals surface area contributed by atoms with Crippen LogP contribution in [-0.4, -0.2) is 11.0 Å². The fourth-order valence-corrected chi connectivity index (χ4v) is 2.95. The summed E-state index contributed by atoms with van der Waals surface area (Å²) in [5, 5.41) is 5.58. The summed E-state index contributed by atoms with van der Waals surface area (Å²) in [6, 6.07) is 10.5. The first-order valence-electron chi connectivity index (χ1n) is 6.52. The van der Waals surface area contributed by atoms with Gasteiger partial charge in [-0.3, -0.25) is 0 Å². The molecule has 0 radical (unpaired) electrons. The van der Waals surface area contributed by atoms with Gasteiger partial charge in [0.15, 0.2) is 0 Å². The quantitative estimate of drug-likeness (QED) is 0.855. The number of benzene rings is 1. The zero-order valence-corrected chi connectivity index (χ0v) is 13.1. The molecular weight excluding hydrogens is 311 g/mol. The summed E-state index contributed by atoms with van der Waals surface area (Å²) in [7, 11) is 0. The molecule has 1 aromatic carbocycles. The molecule has 1 aromatic heterocycles. The first kappa shape index (κ1) is 14.2. The van der Waals surface area contributed by atoms with Crippen molar-refractivity contribution >= 4 is 35.0 Å². The normalized spacial score (nSPS) is 14.5. The summed E-state index contributed by atoms with van der Waals surface area (Å²) < 4.78 is 0. The van der Waals surface area contributed by atoms with Crippen LogP contribution in [0.2, 0.25) is 10.0 Å². The van der Waals surface area contributed by atoms with Gasteiger partial charge in [0.1, 0.15) is 5.03 Å². The summed E-state index contributed by atoms with van der Waals surface area (Å²) >= 11 is 13.5. The monoisotopic (exact) mass is 324 g/mol. The van der Waals surface area contributed by atoms with E-state index in [-0.39, 0.29) is 0 Å². The number of hydrogen-bond acceptors (Lipinski definition) is 3. The van der Waals surface area contributed by atoms with E-state index in [2.05, 4.69) is 16.4 Å². The predicted octanol–water partition coefficient (Wildman–Crippen LogP) is 4.79.